The Balaban J connectivity index is 1.93. The normalized spacial score (nSPS) is 12.5. The summed E-state index contributed by atoms with van der Waals surface area (Å²) in [6, 6.07) is 4.55. The lowest BCUT2D eigenvalue weighted by Gasteiger charge is -2.17. The van der Waals surface area contributed by atoms with Crippen LogP contribution in [0.4, 0.5) is 0 Å². The molecule has 0 amide bonds. The second-order valence-electron chi connectivity index (χ2n) is 4.85. The van der Waals surface area contributed by atoms with Crippen LogP contribution in [0.1, 0.15) is 31.7 Å². The first-order valence-electron chi connectivity index (χ1n) is 7.32. The lowest BCUT2D eigenvalue weighted by Crippen LogP contribution is -2.32. The van der Waals surface area contributed by atoms with E-state index in [0.717, 1.165) is 38.2 Å². The molecule has 1 unspecified atom stereocenters. The molecule has 5 nitrogen and oxygen atoms in total. The van der Waals surface area contributed by atoms with Crippen LogP contribution >= 0.6 is 0 Å². The molecule has 2 rings (SSSR count). The van der Waals surface area contributed by atoms with Gasteiger partial charge in [0, 0.05) is 31.4 Å². The predicted molar refractivity (Wildman–Crippen MR) is 79.4 cm³/mol. The van der Waals surface area contributed by atoms with Crippen molar-refractivity contribution in [1.29, 1.82) is 0 Å². The molecule has 0 aliphatic rings. The molecular weight excluding hydrogens is 250 g/mol. The van der Waals surface area contributed by atoms with E-state index >= 15 is 0 Å². The zero-order valence-corrected chi connectivity index (χ0v) is 12.3. The summed E-state index contributed by atoms with van der Waals surface area (Å²) in [5.74, 6) is 1.06. The molecule has 20 heavy (non-hydrogen) atoms. The summed E-state index contributed by atoms with van der Waals surface area (Å²) in [6.45, 7) is 6.08. The van der Waals surface area contributed by atoms with Gasteiger partial charge in [-0.05, 0) is 37.9 Å². The highest BCUT2D eigenvalue weighted by molar-refractivity contribution is 5.08. The number of rotatable bonds is 8. The van der Waals surface area contributed by atoms with Crippen LogP contribution in [-0.4, -0.2) is 32.3 Å². The molecule has 5 heteroatoms. The second-order valence-corrected chi connectivity index (χ2v) is 4.85. The van der Waals surface area contributed by atoms with Crippen molar-refractivity contribution in [1.82, 2.24) is 25.1 Å². The summed E-state index contributed by atoms with van der Waals surface area (Å²) >= 11 is 0. The zero-order chi connectivity index (χ0) is 14.2. The molecule has 0 aromatic carbocycles. The molecule has 0 bridgehead atoms. The largest absolute Gasteiger partial charge is 0.314 e. The van der Waals surface area contributed by atoms with Gasteiger partial charge in [-0.3, -0.25) is 9.67 Å². The number of aryl methyl sites for hydroxylation is 2. The number of nitrogens with zero attached hydrogens (tertiary/aromatic N) is 4. The van der Waals surface area contributed by atoms with E-state index in [0.29, 0.717) is 6.04 Å². The van der Waals surface area contributed by atoms with E-state index in [-0.39, 0.29) is 0 Å². The monoisotopic (exact) mass is 273 g/mol. The van der Waals surface area contributed by atoms with Crippen LogP contribution in [-0.2, 0) is 19.4 Å². The second kappa shape index (κ2) is 7.75. The van der Waals surface area contributed by atoms with Crippen LogP contribution in [0.5, 0.6) is 0 Å². The van der Waals surface area contributed by atoms with Crippen LogP contribution in [0.2, 0.25) is 0 Å². The minimum atomic E-state index is 0.426. The van der Waals surface area contributed by atoms with Crippen LogP contribution < -0.4 is 5.32 Å². The minimum Gasteiger partial charge on any atom is -0.314 e. The third kappa shape index (κ3) is 4.13. The molecule has 2 aromatic rings. The van der Waals surface area contributed by atoms with Gasteiger partial charge in [0.05, 0.1) is 0 Å². The van der Waals surface area contributed by atoms with E-state index in [1.807, 2.05) is 23.1 Å². The molecule has 2 aromatic heterocycles. The van der Waals surface area contributed by atoms with Gasteiger partial charge in [0.1, 0.15) is 12.2 Å². The van der Waals surface area contributed by atoms with Crippen molar-refractivity contribution in [3.8, 4) is 0 Å². The quantitative estimate of drug-likeness (QED) is 0.797. The maximum absolute atomic E-state index is 4.36. The van der Waals surface area contributed by atoms with Gasteiger partial charge in [0.2, 0.25) is 0 Å². The predicted octanol–water partition coefficient (Wildman–Crippen LogP) is 1.85. The fourth-order valence-electron chi connectivity index (χ4n) is 2.38. The van der Waals surface area contributed by atoms with E-state index in [1.54, 1.807) is 6.33 Å². The molecule has 1 N–H and O–H groups in total. The number of likely N-dealkylation sites (N-methyl/N-ethyl adjacent to an activating group) is 1. The number of nitrogens with one attached hydrogen (secondary N) is 1. The van der Waals surface area contributed by atoms with E-state index in [9.17, 15) is 0 Å². The summed E-state index contributed by atoms with van der Waals surface area (Å²) in [4.78, 5) is 8.53. The summed E-state index contributed by atoms with van der Waals surface area (Å²) in [7, 11) is 0. The Hall–Kier alpha value is -1.75. The average molecular weight is 273 g/mol. The lowest BCUT2D eigenvalue weighted by molar-refractivity contribution is 0.466. The molecule has 0 radical (unpaired) electrons. The van der Waals surface area contributed by atoms with Crippen LogP contribution in [0.15, 0.2) is 30.9 Å². The highest BCUT2D eigenvalue weighted by Crippen LogP contribution is 2.08. The number of pyridine rings is 1. The minimum absolute atomic E-state index is 0.426. The Kier molecular flexibility index (Phi) is 5.68. The van der Waals surface area contributed by atoms with Gasteiger partial charge in [-0.1, -0.05) is 13.0 Å². The standard InChI is InChI=1S/C15H23N5/c1-3-17-14(8-7-13-6-5-9-16-11-13)10-15-18-12-19-20(15)4-2/h5-6,9,11-12,14,17H,3-4,7-8,10H2,1-2H3. The Morgan fingerprint density at radius 2 is 2.25 bits per heavy atom. The smallest absolute Gasteiger partial charge is 0.138 e. The molecule has 2 heterocycles. The van der Waals surface area contributed by atoms with Gasteiger partial charge in [-0.15, -0.1) is 0 Å². The third-order valence-corrected chi connectivity index (χ3v) is 3.42. The fourth-order valence-corrected chi connectivity index (χ4v) is 2.38. The molecule has 0 spiro atoms. The SMILES string of the molecule is CCNC(CCc1cccnc1)Cc1ncnn1CC. The highest BCUT2D eigenvalue weighted by atomic mass is 15.3. The van der Waals surface area contributed by atoms with Crippen LogP contribution in [0.25, 0.3) is 0 Å². The van der Waals surface area contributed by atoms with E-state index in [4.69, 9.17) is 0 Å². The van der Waals surface area contributed by atoms with E-state index in [1.165, 1.54) is 5.56 Å². The third-order valence-electron chi connectivity index (χ3n) is 3.42. The molecule has 0 saturated heterocycles. The molecule has 1 atom stereocenters. The van der Waals surface area contributed by atoms with Crippen LogP contribution in [0.3, 0.4) is 0 Å². The van der Waals surface area contributed by atoms with Crippen LogP contribution in [0, 0.1) is 0 Å². The Labute approximate surface area is 120 Å². The summed E-state index contributed by atoms with van der Waals surface area (Å²) in [6.07, 6.45) is 8.43. The molecule has 0 aliphatic heterocycles. The summed E-state index contributed by atoms with van der Waals surface area (Å²) in [5, 5.41) is 7.77. The van der Waals surface area contributed by atoms with Gasteiger partial charge < -0.3 is 5.32 Å². The van der Waals surface area contributed by atoms with E-state index in [2.05, 4.69) is 40.3 Å². The molecule has 0 fully saturated rings. The van der Waals surface area contributed by atoms with Crippen molar-refractivity contribution in [2.75, 3.05) is 6.54 Å². The molecule has 108 valence electrons. The van der Waals surface area contributed by atoms with Gasteiger partial charge in [0.15, 0.2) is 0 Å². The summed E-state index contributed by atoms with van der Waals surface area (Å²) < 4.78 is 1.97. The van der Waals surface area contributed by atoms with Gasteiger partial charge in [-0.25, -0.2) is 4.98 Å². The molecule has 0 saturated carbocycles. The maximum Gasteiger partial charge on any atom is 0.138 e. The number of aromatic nitrogens is 4. The van der Waals surface area contributed by atoms with Gasteiger partial charge in [0.25, 0.3) is 0 Å². The Bertz CT molecular complexity index is 494. The highest BCUT2D eigenvalue weighted by Gasteiger charge is 2.12. The van der Waals surface area contributed by atoms with Crippen molar-refractivity contribution >= 4 is 0 Å². The first kappa shape index (κ1) is 14.7. The first-order valence-corrected chi connectivity index (χ1v) is 7.32. The topological polar surface area (TPSA) is 55.6 Å². The maximum atomic E-state index is 4.36. The zero-order valence-electron chi connectivity index (χ0n) is 12.3. The van der Waals surface area contributed by atoms with E-state index < -0.39 is 0 Å². The van der Waals surface area contributed by atoms with Crippen molar-refractivity contribution in [2.45, 2.75) is 45.7 Å². The molecule has 0 aliphatic carbocycles. The number of hydrogen-bond donors (Lipinski definition) is 1. The molecular formula is C15H23N5. The van der Waals surface area contributed by atoms with Crippen molar-refractivity contribution in [2.24, 2.45) is 0 Å². The summed E-state index contributed by atoms with van der Waals surface area (Å²) in [5.41, 5.74) is 1.28. The Morgan fingerprint density at radius 3 is 2.95 bits per heavy atom. The first-order chi connectivity index (χ1) is 9.83. The van der Waals surface area contributed by atoms with Gasteiger partial charge >= 0.3 is 0 Å². The Morgan fingerprint density at radius 1 is 1.35 bits per heavy atom. The van der Waals surface area contributed by atoms with Crippen molar-refractivity contribution in [3.63, 3.8) is 0 Å². The van der Waals surface area contributed by atoms with Crippen molar-refractivity contribution < 1.29 is 0 Å². The average Bonchev–Trinajstić information content (AvgIpc) is 2.93. The number of hydrogen-bond acceptors (Lipinski definition) is 4. The fraction of sp³-hybridized carbons (Fsp3) is 0.533. The lowest BCUT2D eigenvalue weighted by atomic mass is 10.0. The van der Waals surface area contributed by atoms with Gasteiger partial charge in [-0.2, -0.15) is 5.10 Å². The van der Waals surface area contributed by atoms with Crippen molar-refractivity contribution in [3.05, 3.63) is 42.2 Å².